The van der Waals surface area contributed by atoms with Crippen LogP contribution in [0.4, 0.5) is 5.82 Å². The number of amides is 1. The number of rotatable bonds is 4. The summed E-state index contributed by atoms with van der Waals surface area (Å²) in [7, 11) is 0. The van der Waals surface area contributed by atoms with E-state index in [2.05, 4.69) is 15.6 Å². The first-order valence-electron chi connectivity index (χ1n) is 6.22. The Balaban J connectivity index is 2.15. The number of nitrogens with zero attached hydrogens (tertiary/aromatic N) is 1. The Bertz CT molecular complexity index is 528. The van der Waals surface area contributed by atoms with Crippen LogP contribution in [-0.2, 0) is 4.79 Å². The summed E-state index contributed by atoms with van der Waals surface area (Å²) in [6.07, 6.45) is 1.29. The lowest BCUT2D eigenvalue weighted by Crippen LogP contribution is -2.32. The van der Waals surface area contributed by atoms with Gasteiger partial charge in [-0.25, -0.2) is 9.78 Å². The minimum Gasteiger partial charge on any atom is -0.478 e. The molecule has 0 saturated carbocycles. The number of aryl methyl sites for hydroxylation is 2. The van der Waals surface area contributed by atoms with Crippen LogP contribution in [-0.4, -0.2) is 34.6 Å². The van der Waals surface area contributed by atoms with Gasteiger partial charge >= 0.3 is 5.97 Å². The number of aromatic nitrogens is 1. The lowest BCUT2D eigenvalue weighted by Gasteiger charge is -2.15. The molecule has 0 bridgehead atoms. The van der Waals surface area contributed by atoms with Gasteiger partial charge in [0.05, 0.1) is 0 Å². The van der Waals surface area contributed by atoms with Crippen LogP contribution in [0.15, 0.2) is 6.07 Å². The van der Waals surface area contributed by atoms with Crippen molar-refractivity contribution in [1.82, 2.24) is 10.3 Å². The Morgan fingerprint density at radius 2 is 2.32 bits per heavy atom. The monoisotopic (exact) mass is 263 g/mol. The van der Waals surface area contributed by atoms with Gasteiger partial charge in [-0.2, -0.15) is 0 Å². The number of hydrogen-bond acceptors (Lipinski definition) is 4. The molecule has 1 aliphatic rings. The summed E-state index contributed by atoms with van der Waals surface area (Å²) in [4.78, 5) is 26.6. The number of carboxylic acid groups (broad SMARTS) is 1. The van der Waals surface area contributed by atoms with Gasteiger partial charge in [0.1, 0.15) is 11.4 Å². The molecular weight excluding hydrogens is 246 g/mol. The average molecular weight is 263 g/mol. The maximum Gasteiger partial charge on any atom is 0.339 e. The first-order chi connectivity index (χ1) is 8.97. The third kappa shape index (κ3) is 3.01. The van der Waals surface area contributed by atoms with Crippen molar-refractivity contribution in [2.24, 2.45) is 0 Å². The maximum absolute atomic E-state index is 11.3. The molecule has 1 fully saturated rings. The molecule has 1 aromatic heterocycles. The van der Waals surface area contributed by atoms with E-state index in [1.807, 2.05) is 6.92 Å². The predicted molar refractivity (Wildman–Crippen MR) is 70.3 cm³/mol. The third-order valence-corrected chi connectivity index (χ3v) is 3.16. The second-order valence-electron chi connectivity index (χ2n) is 4.79. The fraction of sp³-hybridized carbons (Fsp3) is 0.462. The van der Waals surface area contributed by atoms with E-state index in [0.29, 0.717) is 24.3 Å². The van der Waals surface area contributed by atoms with E-state index in [9.17, 15) is 14.7 Å². The van der Waals surface area contributed by atoms with Gasteiger partial charge in [-0.05, 0) is 31.9 Å². The van der Waals surface area contributed by atoms with Crippen LogP contribution in [0.5, 0.6) is 0 Å². The lowest BCUT2D eigenvalue weighted by molar-refractivity contribution is -0.119. The molecule has 0 aliphatic carbocycles. The summed E-state index contributed by atoms with van der Waals surface area (Å²) in [6, 6.07) is 1.78. The van der Waals surface area contributed by atoms with Crippen molar-refractivity contribution in [2.75, 3.05) is 11.9 Å². The number of nitrogens with one attached hydrogen (secondary N) is 2. The number of pyridine rings is 1. The second-order valence-corrected chi connectivity index (χ2v) is 4.79. The van der Waals surface area contributed by atoms with E-state index in [-0.39, 0.29) is 17.5 Å². The Labute approximate surface area is 111 Å². The van der Waals surface area contributed by atoms with Crippen LogP contribution >= 0.6 is 0 Å². The zero-order chi connectivity index (χ0) is 14.0. The highest BCUT2D eigenvalue weighted by molar-refractivity contribution is 5.94. The summed E-state index contributed by atoms with van der Waals surface area (Å²) in [6.45, 7) is 4.06. The van der Waals surface area contributed by atoms with E-state index in [4.69, 9.17) is 0 Å². The van der Waals surface area contributed by atoms with Crippen molar-refractivity contribution in [1.29, 1.82) is 0 Å². The molecule has 0 radical (unpaired) electrons. The Hall–Kier alpha value is -2.11. The summed E-state index contributed by atoms with van der Waals surface area (Å²) in [5.74, 6) is -0.590. The molecule has 19 heavy (non-hydrogen) atoms. The number of aromatic carboxylic acids is 1. The highest BCUT2D eigenvalue weighted by atomic mass is 16.4. The summed E-state index contributed by atoms with van der Waals surface area (Å²) in [5.41, 5.74) is 1.63. The Morgan fingerprint density at radius 3 is 2.89 bits per heavy atom. The van der Waals surface area contributed by atoms with E-state index < -0.39 is 5.97 Å². The fourth-order valence-corrected chi connectivity index (χ4v) is 2.28. The molecule has 1 aliphatic heterocycles. The molecule has 1 saturated heterocycles. The normalized spacial score (nSPS) is 18.2. The number of carbonyl (C=O) groups excluding carboxylic acids is 1. The van der Waals surface area contributed by atoms with Crippen LogP contribution in [0.2, 0.25) is 0 Å². The molecule has 6 nitrogen and oxygen atoms in total. The van der Waals surface area contributed by atoms with Crippen LogP contribution in [0.25, 0.3) is 0 Å². The predicted octanol–water partition coefficient (Wildman–Crippen LogP) is 1.09. The molecule has 1 amide bonds. The molecule has 2 heterocycles. The first-order valence-corrected chi connectivity index (χ1v) is 6.22. The smallest absolute Gasteiger partial charge is 0.339 e. The van der Waals surface area contributed by atoms with Crippen molar-refractivity contribution in [3.05, 3.63) is 22.9 Å². The van der Waals surface area contributed by atoms with Crippen LogP contribution in [0.3, 0.4) is 0 Å². The standard InChI is InChI=1S/C13H17N3O3/c1-7-5-8(2)15-12(11(7)13(18)19)14-6-9-3-4-10(17)16-9/h5,9H,3-4,6H2,1-2H3,(H,14,15)(H,16,17)(H,18,19). The molecule has 0 spiro atoms. The minimum atomic E-state index is -0.997. The summed E-state index contributed by atoms with van der Waals surface area (Å²) < 4.78 is 0. The Morgan fingerprint density at radius 1 is 1.58 bits per heavy atom. The largest absolute Gasteiger partial charge is 0.478 e. The topological polar surface area (TPSA) is 91.3 Å². The van der Waals surface area contributed by atoms with Crippen LogP contribution in [0, 0.1) is 13.8 Å². The zero-order valence-corrected chi connectivity index (χ0v) is 11.0. The third-order valence-electron chi connectivity index (χ3n) is 3.16. The molecule has 1 atom stereocenters. The molecule has 0 aromatic carbocycles. The molecule has 1 aromatic rings. The van der Waals surface area contributed by atoms with Gasteiger partial charge in [0.25, 0.3) is 0 Å². The minimum absolute atomic E-state index is 0.0387. The van der Waals surface area contributed by atoms with Crippen molar-refractivity contribution in [2.45, 2.75) is 32.7 Å². The quantitative estimate of drug-likeness (QED) is 0.756. The Kier molecular flexibility index (Phi) is 3.69. The molecule has 3 N–H and O–H groups in total. The highest BCUT2D eigenvalue weighted by Crippen LogP contribution is 2.19. The van der Waals surface area contributed by atoms with Crippen LogP contribution in [0.1, 0.15) is 34.5 Å². The zero-order valence-electron chi connectivity index (χ0n) is 11.0. The molecule has 102 valence electrons. The van der Waals surface area contributed by atoms with E-state index in [1.54, 1.807) is 13.0 Å². The lowest BCUT2D eigenvalue weighted by atomic mass is 10.1. The van der Waals surface area contributed by atoms with E-state index in [0.717, 1.165) is 12.1 Å². The van der Waals surface area contributed by atoms with Crippen molar-refractivity contribution < 1.29 is 14.7 Å². The fourth-order valence-electron chi connectivity index (χ4n) is 2.28. The van der Waals surface area contributed by atoms with Crippen molar-refractivity contribution in [3.8, 4) is 0 Å². The number of carbonyl (C=O) groups is 2. The van der Waals surface area contributed by atoms with Gasteiger partial charge in [-0.1, -0.05) is 0 Å². The van der Waals surface area contributed by atoms with E-state index >= 15 is 0 Å². The molecule has 6 heteroatoms. The SMILES string of the molecule is Cc1cc(C)c(C(=O)O)c(NCC2CCC(=O)N2)n1. The number of carboxylic acids is 1. The summed E-state index contributed by atoms with van der Waals surface area (Å²) in [5, 5.41) is 15.1. The van der Waals surface area contributed by atoms with Gasteiger partial charge in [-0.3, -0.25) is 4.79 Å². The average Bonchev–Trinajstić information content (AvgIpc) is 2.71. The van der Waals surface area contributed by atoms with Crippen LogP contribution < -0.4 is 10.6 Å². The van der Waals surface area contributed by atoms with Gasteiger partial charge < -0.3 is 15.7 Å². The molecule has 2 rings (SSSR count). The maximum atomic E-state index is 11.3. The van der Waals surface area contributed by atoms with Crippen molar-refractivity contribution in [3.63, 3.8) is 0 Å². The number of hydrogen-bond donors (Lipinski definition) is 3. The van der Waals surface area contributed by atoms with Crippen molar-refractivity contribution >= 4 is 17.7 Å². The molecule has 1 unspecified atom stereocenters. The van der Waals surface area contributed by atoms with Gasteiger partial charge in [0.15, 0.2) is 0 Å². The first kappa shape index (κ1) is 13.3. The second kappa shape index (κ2) is 5.26. The van der Waals surface area contributed by atoms with Gasteiger partial charge in [0, 0.05) is 24.7 Å². The van der Waals surface area contributed by atoms with Gasteiger partial charge in [-0.15, -0.1) is 0 Å². The van der Waals surface area contributed by atoms with Gasteiger partial charge in [0.2, 0.25) is 5.91 Å². The molecular formula is C13H17N3O3. The highest BCUT2D eigenvalue weighted by Gasteiger charge is 2.22. The number of anilines is 1. The summed E-state index contributed by atoms with van der Waals surface area (Å²) >= 11 is 0. The van der Waals surface area contributed by atoms with E-state index in [1.165, 1.54) is 0 Å².